The molecule has 0 fully saturated rings. The SMILES string of the molecule is CCOc1cccc(/C=N\Nc2nc(-c3ccc(C)cc3)cs2)c1. The minimum absolute atomic E-state index is 0.653. The van der Waals surface area contributed by atoms with E-state index in [-0.39, 0.29) is 0 Å². The number of anilines is 1. The van der Waals surface area contributed by atoms with Crippen molar-refractivity contribution in [2.24, 2.45) is 5.10 Å². The first kappa shape index (κ1) is 16.2. The van der Waals surface area contributed by atoms with Gasteiger partial charge >= 0.3 is 0 Å². The molecule has 5 heteroatoms. The zero-order valence-electron chi connectivity index (χ0n) is 13.7. The average Bonchev–Trinajstić information content (AvgIpc) is 3.05. The van der Waals surface area contributed by atoms with Gasteiger partial charge in [0.1, 0.15) is 5.75 Å². The van der Waals surface area contributed by atoms with Gasteiger partial charge in [0.2, 0.25) is 5.13 Å². The summed E-state index contributed by atoms with van der Waals surface area (Å²) in [5.74, 6) is 0.845. The van der Waals surface area contributed by atoms with E-state index in [1.165, 1.54) is 16.9 Å². The molecule has 0 saturated heterocycles. The monoisotopic (exact) mass is 337 g/mol. The Kier molecular flexibility index (Phi) is 5.23. The molecule has 24 heavy (non-hydrogen) atoms. The lowest BCUT2D eigenvalue weighted by Crippen LogP contribution is -1.93. The Labute approximate surface area is 145 Å². The summed E-state index contributed by atoms with van der Waals surface area (Å²) < 4.78 is 5.48. The predicted molar refractivity (Wildman–Crippen MR) is 101 cm³/mol. The maximum atomic E-state index is 5.48. The van der Waals surface area contributed by atoms with Gasteiger partial charge in [-0.05, 0) is 31.5 Å². The van der Waals surface area contributed by atoms with Crippen LogP contribution in [-0.2, 0) is 0 Å². The molecule has 3 aromatic rings. The largest absolute Gasteiger partial charge is 0.494 e. The van der Waals surface area contributed by atoms with Gasteiger partial charge in [-0.2, -0.15) is 5.10 Å². The molecule has 1 aromatic heterocycles. The number of hydrogen-bond acceptors (Lipinski definition) is 5. The van der Waals surface area contributed by atoms with Gasteiger partial charge in [0, 0.05) is 10.9 Å². The third-order valence-corrected chi connectivity index (χ3v) is 4.14. The molecule has 0 bridgehead atoms. The highest BCUT2D eigenvalue weighted by atomic mass is 32.1. The average molecular weight is 337 g/mol. The molecule has 0 aliphatic carbocycles. The first-order chi connectivity index (χ1) is 11.7. The van der Waals surface area contributed by atoms with Crippen molar-refractivity contribution in [1.29, 1.82) is 0 Å². The van der Waals surface area contributed by atoms with Crippen molar-refractivity contribution in [3.05, 3.63) is 65.0 Å². The molecule has 1 heterocycles. The van der Waals surface area contributed by atoms with Crippen molar-refractivity contribution in [2.75, 3.05) is 12.0 Å². The second-order valence-electron chi connectivity index (χ2n) is 5.28. The van der Waals surface area contributed by atoms with Crippen LogP contribution in [0.2, 0.25) is 0 Å². The summed E-state index contributed by atoms with van der Waals surface area (Å²) in [6.45, 7) is 4.70. The lowest BCUT2D eigenvalue weighted by atomic mass is 10.1. The van der Waals surface area contributed by atoms with E-state index in [1.807, 2.05) is 36.6 Å². The number of nitrogens with one attached hydrogen (secondary N) is 1. The van der Waals surface area contributed by atoms with Crippen LogP contribution in [0.3, 0.4) is 0 Å². The predicted octanol–water partition coefficient (Wildman–Crippen LogP) is 4.96. The summed E-state index contributed by atoms with van der Waals surface area (Å²) in [7, 11) is 0. The number of aryl methyl sites for hydroxylation is 1. The minimum Gasteiger partial charge on any atom is -0.494 e. The Hall–Kier alpha value is -2.66. The molecule has 0 saturated carbocycles. The summed E-state index contributed by atoms with van der Waals surface area (Å²) in [4.78, 5) is 4.56. The molecule has 2 aromatic carbocycles. The number of hydrazone groups is 1. The van der Waals surface area contributed by atoms with Crippen molar-refractivity contribution in [2.45, 2.75) is 13.8 Å². The Morgan fingerprint density at radius 3 is 2.83 bits per heavy atom. The third-order valence-electron chi connectivity index (χ3n) is 3.39. The van der Waals surface area contributed by atoms with E-state index >= 15 is 0 Å². The quantitative estimate of drug-likeness (QED) is 0.510. The molecule has 0 spiro atoms. The number of benzene rings is 2. The number of rotatable bonds is 6. The maximum Gasteiger partial charge on any atom is 0.203 e. The van der Waals surface area contributed by atoms with E-state index in [0.717, 1.165) is 27.7 Å². The highest BCUT2D eigenvalue weighted by Gasteiger charge is 2.03. The van der Waals surface area contributed by atoms with Crippen LogP contribution in [0.4, 0.5) is 5.13 Å². The van der Waals surface area contributed by atoms with Crippen molar-refractivity contribution < 1.29 is 4.74 Å². The Balaban J connectivity index is 1.65. The van der Waals surface area contributed by atoms with Gasteiger partial charge in [-0.25, -0.2) is 4.98 Å². The van der Waals surface area contributed by atoms with Crippen molar-refractivity contribution >= 4 is 22.7 Å². The topological polar surface area (TPSA) is 46.5 Å². The lowest BCUT2D eigenvalue weighted by Gasteiger charge is -2.02. The number of aromatic nitrogens is 1. The van der Waals surface area contributed by atoms with E-state index in [1.54, 1.807) is 6.21 Å². The smallest absolute Gasteiger partial charge is 0.203 e. The molecule has 1 N–H and O–H groups in total. The fourth-order valence-corrected chi connectivity index (χ4v) is 2.86. The maximum absolute atomic E-state index is 5.48. The molecule has 0 aliphatic rings. The molecule has 0 aliphatic heterocycles. The van der Waals surface area contributed by atoms with E-state index < -0.39 is 0 Å². The van der Waals surface area contributed by atoms with Gasteiger partial charge < -0.3 is 4.74 Å². The lowest BCUT2D eigenvalue weighted by molar-refractivity contribution is 0.340. The first-order valence-electron chi connectivity index (χ1n) is 7.79. The minimum atomic E-state index is 0.653. The van der Waals surface area contributed by atoms with Gasteiger partial charge in [-0.1, -0.05) is 42.0 Å². The zero-order valence-corrected chi connectivity index (χ0v) is 14.5. The van der Waals surface area contributed by atoms with Crippen LogP contribution in [-0.4, -0.2) is 17.8 Å². The Bertz CT molecular complexity index is 825. The van der Waals surface area contributed by atoms with E-state index in [9.17, 15) is 0 Å². The van der Waals surface area contributed by atoms with Gasteiger partial charge in [0.25, 0.3) is 0 Å². The number of thiazole rings is 1. The van der Waals surface area contributed by atoms with Crippen LogP contribution in [0, 0.1) is 6.92 Å². The van der Waals surface area contributed by atoms with Crippen LogP contribution < -0.4 is 10.2 Å². The Morgan fingerprint density at radius 1 is 1.21 bits per heavy atom. The fourth-order valence-electron chi connectivity index (χ4n) is 2.20. The van der Waals surface area contributed by atoms with Gasteiger partial charge in [0.15, 0.2) is 0 Å². The van der Waals surface area contributed by atoms with Crippen LogP contribution in [0.15, 0.2) is 59.0 Å². The van der Waals surface area contributed by atoms with Crippen molar-refractivity contribution in [3.8, 4) is 17.0 Å². The second kappa shape index (κ2) is 7.75. The molecular weight excluding hydrogens is 318 g/mol. The fraction of sp³-hybridized carbons (Fsp3) is 0.158. The van der Waals surface area contributed by atoms with Crippen LogP contribution in [0.25, 0.3) is 11.3 Å². The number of hydrogen-bond donors (Lipinski definition) is 1. The summed E-state index contributed by atoms with van der Waals surface area (Å²) in [6.07, 6.45) is 1.76. The van der Waals surface area contributed by atoms with Gasteiger partial charge in [-0.3, -0.25) is 5.43 Å². The van der Waals surface area contributed by atoms with E-state index in [2.05, 4.69) is 46.7 Å². The molecule has 4 nitrogen and oxygen atoms in total. The molecule has 3 rings (SSSR count). The van der Waals surface area contributed by atoms with Crippen LogP contribution in [0.5, 0.6) is 5.75 Å². The van der Waals surface area contributed by atoms with Crippen LogP contribution in [0.1, 0.15) is 18.1 Å². The molecule has 0 radical (unpaired) electrons. The Morgan fingerprint density at radius 2 is 2.04 bits per heavy atom. The standard InChI is InChI=1S/C19H19N3OS/c1-3-23-17-6-4-5-15(11-17)12-20-22-19-21-18(13-24-19)16-9-7-14(2)8-10-16/h4-13H,3H2,1-2H3,(H,21,22)/b20-12-. The molecule has 0 amide bonds. The number of nitrogens with zero attached hydrogens (tertiary/aromatic N) is 2. The first-order valence-corrected chi connectivity index (χ1v) is 8.67. The van der Waals surface area contributed by atoms with E-state index in [4.69, 9.17) is 4.74 Å². The van der Waals surface area contributed by atoms with Crippen molar-refractivity contribution in [3.63, 3.8) is 0 Å². The second-order valence-corrected chi connectivity index (χ2v) is 6.14. The van der Waals surface area contributed by atoms with Crippen LogP contribution >= 0.6 is 11.3 Å². The highest BCUT2D eigenvalue weighted by Crippen LogP contribution is 2.25. The molecule has 0 atom stereocenters. The molecule has 122 valence electrons. The van der Waals surface area contributed by atoms with Crippen molar-refractivity contribution in [1.82, 2.24) is 4.98 Å². The number of ether oxygens (including phenoxy) is 1. The summed E-state index contributed by atoms with van der Waals surface area (Å²) in [5, 5.41) is 7.04. The normalized spacial score (nSPS) is 10.9. The van der Waals surface area contributed by atoms with E-state index in [0.29, 0.717) is 6.61 Å². The summed E-state index contributed by atoms with van der Waals surface area (Å²) >= 11 is 1.53. The zero-order chi connectivity index (χ0) is 16.8. The molecule has 0 unspecified atom stereocenters. The third kappa shape index (κ3) is 4.20. The van der Waals surface area contributed by atoms with Gasteiger partial charge in [0.05, 0.1) is 18.5 Å². The summed E-state index contributed by atoms with van der Waals surface area (Å²) in [6, 6.07) is 16.2. The molecular formula is C19H19N3OS. The van der Waals surface area contributed by atoms with Gasteiger partial charge in [-0.15, -0.1) is 11.3 Å². The summed E-state index contributed by atoms with van der Waals surface area (Å²) in [5.41, 5.74) is 7.26. The highest BCUT2D eigenvalue weighted by molar-refractivity contribution is 7.14.